The van der Waals surface area contributed by atoms with Gasteiger partial charge < -0.3 is 19.8 Å². The van der Waals surface area contributed by atoms with E-state index >= 15 is 0 Å². The van der Waals surface area contributed by atoms with Crippen molar-refractivity contribution in [2.75, 3.05) is 19.0 Å². The van der Waals surface area contributed by atoms with Gasteiger partial charge in [0.2, 0.25) is 10.0 Å². The van der Waals surface area contributed by atoms with Gasteiger partial charge in [-0.3, -0.25) is 9.59 Å². The fourth-order valence-electron chi connectivity index (χ4n) is 5.11. The Morgan fingerprint density at radius 1 is 1.11 bits per heavy atom. The molecule has 0 fully saturated rings. The van der Waals surface area contributed by atoms with Crippen molar-refractivity contribution in [3.05, 3.63) is 101 Å². The Balaban J connectivity index is 1.62. The van der Waals surface area contributed by atoms with E-state index in [9.17, 15) is 26.8 Å². The van der Waals surface area contributed by atoms with Crippen LogP contribution in [-0.4, -0.2) is 41.7 Å². The van der Waals surface area contributed by atoms with Crippen LogP contribution >= 0.6 is 0 Å². The minimum absolute atomic E-state index is 0.0820. The Bertz CT molecular complexity index is 1980. The third-order valence-electron chi connectivity index (χ3n) is 7.86. The summed E-state index contributed by atoms with van der Waals surface area (Å²) < 4.78 is 66.5. The SMILES string of the molecule is COC(=O)CCCNc1ccc(Oc2ccc(F)cc2F)c(-c2c[nH]c(=O)c3c2ccn3S(=O)(=O)C2(C)CC=CC=C2C)c1. The third-order valence-corrected chi connectivity index (χ3v) is 10.3. The maximum absolute atomic E-state index is 14.6. The van der Waals surface area contributed by atoms with Crippen molar-refractivity contribution in [3.8, 4) is 22.6 Å². The molecule has 5 rings (SSSR count). The molecular formula is C32H31F2N3O6S. The molecule has 0 bridgehead atoms. The van der Waals surface area contributed by atoms with E-state index in [-0.39, 0.29) is 35.8 Å². The van der Waals surface area contributed by atoms with E-state index in [1.165, 1.54) is 25.6 Å². The fraction of sp³-hybridized carbons (Fsp3) is 0.250. The van der Waals surface area contributed by atoms with Crippen molar-refractivity contribution in [1.82, 2.24) is 8.96 Å². The lowest BCUT2D eigenvalue weighted by Crippen LogP contribution is -2.41. The van der Waals surface area contributed by atoms with Gasteiger partial charge in [-0.25, -0.2) is 21.2 Å². The number of allylic oxidation sites excluding steroid dienone is 3. The number of nitrogens with one attached hydrogen (secondary N) is 2. The number of fused-ring (bicyclic) bond motifs is 1. The van der Waals surface area contributed by atoms with Crippen molar-refractivity contribution in [2.24, 2.45) is 0 Å². The molecule has 1 atom stereocenters. The number of pyridine rings is 1. The van der Waals surface area contributed by atoms with Gasteiger partial charge in [0.1, 0.15) is 21.8 Å². The summed E-state index contributed by atoms with van der Waals surface area (Å²) in [6.07, 6.45) is 9.04. The highest BCUT2D eigenvalue weighted by Crippen LogP contribution is 2.41. The molecule has 1 aliphatic carbocycles. The predicted molar refractivity (Wildman–Crippen MR) is 164 cm³/mol. The van der Waals surface area contributed by atoms with Crippen LogP contribution in [0.2, 0.25) is 0 Å². The standard InChI is InChI=1S/C32H31F2N3O6S/c1-20-7-4-5-14-32(20,2)44(40,41)37-16-13-23-25(19-36-31(39)30(23)37)24-18-22(35-15-6-8-29(38)42-3)10-12-27(24)43-28-11-9-21(33)17-26(28)34/h4-5,7,9-13,16-19,35H,6,8,14-15H2,1-3H3,(H,36,39). The molecule has 9 nitrogen and oxygen atoms in total. The van der Waals surface area contributed by atoms with E-state index in [1.54, 1.807) is 50.3 Å². The molecular weight excluding hydrogens is 592 g/mol. The number of methoxy groups -OCH3 is 1. The number of carbonyl (C=O) groups excluding carboxylic acids is 1. The van der Waals surface area contributed by atoms with Gasteiger partial charge >= 0.3 is 5.97 Å². The number of rotatable bonds is 10. The van der Waals surface area contributed by atoms with Crippen LogP contribution in [0.1, 0.15) is 33.1 Å². The van der Waals surface area contributed by atoms with Gasteiger partial charge in [-0.2, -0.15) is 0 Å². The quantitative estimate of drug-likeness (QED) is 0.158. The molecule has 0 saturated carbocycles. The highest BCUT2D eigenvalue weighted by Gasteiger charge is 2.43. The van der Waals surface area contributed by atoms with E-state index in [1.807, 2.05) is 0 Å². The second-order valence-electron chi connectivity index (χ2n) is 10.6. The Kier molecular flexibility index (Phi) is 8.46. The van der Waals surface area contributed by atoms with Crippen LogP contribution in [-0.2, 0) is 19.6 Å². The fourth-order valence-corrected chi connectivity index (χ4v) is 6.97. The Morgan fingerprint density at radius 3 is 2.61 bits per heavy atom. The van der Waals surface area contributed by atoms with Crippen LogP contribution in [0.25, 0.3) is 22.0 Å². The van der Waals surface area contributed by atoms with Gasteiger partial charge in [0, 0.05) is 53.6 Å². The lowest BCUT2D eigenvalue weighted by Gasteiger charge is -2.31. The zero-order valence-electron chi connectivity index (χ0n) is 24.3. The number of esters is 1. The van der Waals surface area contributed by atoms with E-state index in [4.69, 9.17) is 4.74 Å². The average molecular weight is 624 g/mol. The molecule has 0 radical (unpaired) electrons. The summed E-state index contributed by atoms with van der Waals surface area (Å²) in [5, 5.41) is 3.53. The van der Waals surface area contributed by atoms with E-state index < -0.39 is 32.0 Å². The van der Waals surface area contributed by atoms with Crippen molar-refractivity contribution < 1.29 is 31.5 Å². The number of anilines is 1. The Morgan fingerprint density at radius 2 is 1.89 bits per heavy atom. The van der Waals surface area contributed by atoms with Crippen molar-refractivity contribution in [1.29, 1.82) is 0 Å². The number of hydrogen-bond acceptors (Lipinski definition) is 7. The normalized spacial score (nSPS) is 16.5. The first-order valence-corrected chi connectivity index (χ1v) is 15.3. The van der Waals surface area contributed by atoms with Crippen LogP contribution in [0.5, 0.6) is 11.5 Å². The summed E-state index contributed by atoms with van der Waals surface area (Å²) >= 11 is 0. The highest BCUT2D eigenvalue weighted by atomic mass is 32.2. The summed E-state index contributed by atoms with van der Waals surface area (Å²) in [7, 11) is -2.79. The lowest BCUT2D eigenvalue weighted by atomic mass is 9.94. The molecule has 12 heteroatoms. The largest absolute Gasteiger partial charge is 0.469 e. The highest BCUT2D eigenvalue weighted by molar-refractivity contribution is 7.91. The lowest BCUT2D eigenvalue weighted by molar-refractivity contribution is -0.140. The molecule has 1 unspecified atom stereocenters. The van der Waals surface area contributed by atoms with Crippen molar-refractivity contribution in [2.45, 2.75) is 37.9 Å². The number of nitrogens with zero attached hydrogens (tertiary/aromatic N) is 1. The van der Waals surface area contributed by atoms with Gasteiger partial charge in [-0.15, -0.1) is 0 Å². The smallest absolute Gasteiger partial charge is 0.305 e. The van der Waals surface area contributed by atoms with Crippen LogP contribution < -0.4 is 15.6 Å². The number of carbonyl (C=O) groups is 1. The predicted octanol–water partition coefficient (Wildman–Crippen LogP) is 6.28. The number of aromatic nitrogens is 2. The third kappa shape index (κ3) is 5.64. The van der Waals surface area contributed by atoms with Crippen molar-refractivity contribution in [3.63, 3.8) is 0 Å². The summed E-state index contributed by atoms with van der Waals surface area (Å²) in [5.41, 5.74) is 1.36. The van der Waals surface area contributed by atoms with Gasteiger partial charge in [-0.1, -0.05) is 23.8 Å². The molecule has 2 N–H and O–H groups in total. The maximum atomic E-state index is 14.6. The minimum Gasteiger partial charge on any atom is -0.469 e. The summed E-state index contributed by atoms with van der Waals surface area (Å²) in [4.78, 5) is 27.3. The van der Waals surface area contributed by atoms with Gasteiger partial charge in [-0.05, 0) is 63.1 Å². The first-order chi connectivity index (χ1) is 21.0. The Labute approximate surface area is 252 Å². The number of aromatic amines is 1. The van der Waals surface area contributed by atoms with Crippen LogP contribution in [0.4, 0.5) is 14.5 Å². The molecule has 44 heavy (non-hydrogen) atoms. The maximum Gasteiger partial charge on any atom is 0.305 e. The average Bonchev–Trinajstić information content (AvgIpc) is 3.46. The summed E-state index contributed by atoms with van der Waals surface area (Å²) in [6.45, 7) is 3.79. The van der Waals surface area contributed by atoms with Crippen molar-refractivity contribution >= 4 is 32.6 Å². The second kappa shape index (κ2) is 12.1. The zero-order valence-corrected chi connectivity index (χ0v) is 25.1. The molecule has 0 spiro atoms. The molecule has 4 aromatic rings. The van der Waals surface area contributed by atoms with Gasteiger partial charge in [0.15, 0.2) is 11.6 Å². The van der Waals surface area contributed by atoms with E-state index in [0.717, 1.165) is 16.1 Å². The summed E-state index contributed by atoms with van der Waals surface area (Å²) in [5.74, 6) is -2.08. The van der Waals surface area contributed by atoms with Crippen LogP contribution in [0.3, 0.4) is 0 Å². The molecule has 2 aromatic carbocycles. The summed E-state index contributed by atoms with van der Waals surface area (Å²) in [6, 6.07) is 9.43. The first kappa shape index (κ1) is 30.7. The number of halogens is 2. The zero-order chi connectivity index (χ0) is 31.6. The molecule has 0 aliphatic heterocycles. The van der Waals surface area contributed by atoms with Crippen LogP contribution in [0.15, 0.2) is 83.5 Å². The van der Waals surface area contributed by atoms with E-state index in [2.05, 4.69) is 15.0 Å². The van der Waals surface area contributed by atoms with Crippen LogP contribution in [0, 0.1) is 11.6 Å². The number of hydrogen-bond donors (Lipinski definition) is 2. The topological polar surface area (TPSA) is 119 Å². The second-order valence-corrected chi connectivity index (χ2v) is 12.9. The number of ether oxygens (including phenoxy) is 2. The minimum atomic E-state index is -4.11. The molecule has 0 saturated heterocycles. The first-order valence-electron chi connectivity index (χ1n) is 13.9. The van der Waals surface area contributed by atoms with E-state index in [0.29, 0.717) is 46.8 Å². The molecule has 230 valence electrons. The molecule has 0 amide bonds. The van der Waals surface area contributed by atoms with Gasteiger partial charge in [0.25, 0.3) is 5.56 Å². The Hall–Kier alpha value is -4.71. The molecule has 2 heterocycles. The number of benzene rings is 2. The number of H-pyrrole nitrogens is 1. The molecule has 2 aromatic heterocycles. The molecule has 1 aliphatic rings. The monoisotopic (exact) mass is 623 g/mol. The van der Waals surface area contributed by atoms with Gasteiger partial charge in [0.05, 0.1) is 7.11 Å².